The molecule has 2 heterocycles. The van der Waals surface area contributed by atoms with Gasteiger partial charge in [0, 0.05) is 38.4 Å². The summed E-state index contributed by atoms with van der Waals surface area (Å²) in [4.78, 5) is 30.0. The van der Waals surface area contributed by atoms with Gasteiger partial charge in [-0.15, -0.1) is 0 Å². The number of amides is 2. The third kappa shape index (κ3) is 5.77. The Morgan fingerprint density at radius 1 is 1.19 bits per heavy atom. The first-order chi connectivity index (χ1) is 13.1. The maximum atomic E-state index is 12.9. The summed E-state index contributed by atoms with van der Waals surface area (Å²) in [6, 6.07) is 9.27. The number of aromatic nitrogens is 1. The molecule has 6 nitrogen and oxygen atoms in total. The van der Waals surface area contributed by atoms with Crippen LogP contribution in [-0.2, 0) is 16.1 Å². The van der Waals surface area contributed by atoms with Crippen LogP contribution >= 0.6 is 0 Å². The Morgan fingerprint density at radius 2 is 1.93 bits per heavy atom. The van der Waals surface area contributed by atoms with Gasteiger partial charge < -0.3 is 15.0 Å². The number of likely N-dealkylation sites (tertiary alicyclic amines) is 1. The minimum Gasteiger partial charge on any atom is -0.484 e. The first-order valence-electron chi connectivity index (χ1n) is 8.92. The minimum absolute atomic E-state index is 0.0197. The Hall–Kier alpha value is -2.96. The summed E-state index contributed by atoms with van der Waals surface area (Å²) in [5.74, 6) is 0.110. The normalized spacial score (nSPS) is 16.2. The zero-order valence-electron chi connectivity index (χ0n) is 14.9. The predicted octanol–water partition coefficient (Wildman–Crippen LogP) is 2.15. The van der Waals surface area contributed by atoms with Gasteiger partial charge in [-0.1, -0.05) is 0 Å². The van der Waals surface area contributed by atoms with Crippen molar-refractivity contribution in [3.8, 4) is 5.75 Å². The van der Waals surface area contributed by atoms with Crippen molar-refractivity contribution in [2.45, 2.75) is 19.4 Å². The number of halogens is 1. The molecular formula is C20H22FN3O3. The fourth-order valence-corrected chi connectivity index (χ4v) is 3.03. The van der Waals surface area contributed by atoms with Gasteiger partial charge in [0.25, 0.3) is 5.91 Å². The summed E-state index contributed by atoms with van der Waals surface area (Å²) in [6.45, 7) is 1.55. The fraction of sp³-hybridized carbons (Fsp3) is 0.350. The third-order valence-corrected chi connectivity index (χ3v) is 4.53. The van der Waals surface area contributed by atoms with Gasteiger partial charge >= 0.3 is 0 Å². The molecule has 27 heavy (non-hydrogen) atoms. The number of pyridine rings is 1. The van der Waals surface area contributed by atoms with E-state index < -0.39 is 0 Å². The molecule has 0 saturated carbocycles. The van der Waals surface area contributed by atoms with Crippen LogP contribution in [0, 0.1) is 11.7 Å². The van der Waals surface area contributed by atoms with Crippen LogP contribution in [0.4, 0.5) is 4.39 Å². The van der Waals surface area contributed by atoms with Crippen molar-refractivity contribution in [3.63, 3.8) is 0 Å². The molecule has 1 aromatic heterocycles. The van der Waals surface area contributed by atoms with E-state index in [4.69, 9.17) is 4.74 Å². The number of nitrogens with zero attached hydrogens (tertiary/aromatic N) is 2. The fourth-order valence-electron chi connectivity index (χ4n) is 3.03. The highest BCUT2D eigenvalue weighted by atomic mass is 19.1. The lowest BCUT2D eigenvalue weighted by Crippen LogP contribution is -2.33. The number of carbonyl (C=O) groups excluding carboxylic acids is 2. The molecule has 2 aromatic rings. The molecule has 1 aromatic carbocycles. The molecular weight excluding hydrogens is 349 g/mol. The molecule has 1 aliphatic rings. The van der Waals surface area contributed by atoms with E-state index in [1.54, 1.807) is 17.3 Å². The molecule has 1 fully saturated rings. The summed E-state index contributed by atoms with van der Waals surface area (Å²) in [5, 5.41) is 2.90. The number of carbonyl (C=O) groups is 2. The molecule has 7 heteroatoms. The van der Waals surface area contributed by atoms with E-state index in [9.17, 15) is 14.0 Å². The SMILES string of the molecule is O=C(CC1CCN(C(=O)COc2ccc(F)cc2)C1)NCc1ccncc1. The standard InChI is InChI=1S/C20H22FN3O3/c21-17-1-3-18(4-2-17)27-14-20(26)24-10-7-16(13-24)11-19(25)23-12-15-5-8-22-9-6-15/h1-6,8-9,16H,7,10-14H2,(H,23,25). The zero-order chi connectivity index (χ0) is 19.1. The van der Waals surface area contributed by atoms with E-state index >= 15 is 0 Å². The van der Waals surface area contributed by atoms with Gasteiger partial charge in [-0.3, -0.25) is 14.6 Å². The van der Waals surface area contributed by atoms with E-state index in [2.05, 4.69) is 10.3 Å². The Balaban J connectivity index is 1.38. The van der Waals surface area contributed by atoms with Crippen LogP contribution in [0.3, 0.4) is 0 Å². The van der Waals surface area contributed by atoms with Crippen molar-refractivity contribution in [3.05, 3.63) is 60.2 Å². The highest BCUT2D eigenvalue weighted by molar-refractivity contribution is 5.79. The lowest BCUT2D eigenvalue weighted by molar-refractivity contribution is -0.132. The number of nitrogens with one attached hydrogen (secondary N) is 1. The molecule has 1 atom stereocenters. The monoisotopic (exact) mass is 371 g/mol. The molecule has 1 saturated heterocycles. The zero-order valence-corrected chi connectivity index (χ0v) is 14.9. The van der Waals surface area contributed by atoms with Crippen molar-refractivity contribution in [2.75, 3.05) is 19.7 Å². The number of rotatable bonds is 7. The number of hydrogen-bond acceptors (Lipinski definition) is 4. The molecule has 0 spiro atoms. The summed E-state index contributed by atoms with van der Waals surface area (Å²) in [7, 11) is 0. The number of hydrogen-bond donors (Lipinski definition) is 1. The largest absolute Gasteiger partial charge is 0.484 e. The minimum atomic E-state index is -0.349. The molecule has 1 unspecified atom stereocenters. The highest BCUT2D eigenvalue weighted by Gasteiger charge is 2.27. The topological polar surface area (TPSA) is 71.5 Å². The second-order valence-electron chi connectivity index (χ2n) is 6.57. The molecule has 0 bridgehead atoms. The Bertz CT molecular complexity index is 768. The van der Waals surface area contributed by atoms with Gasteiger partial charge in [0.2, 0.25) is 5.91 Å². The second kappa shape index (κ2) is 9.12. The van der Waals surface area contributed by atoms with Crippen molar-refractivity contribution in [1.29, 1.82) is 0 Å². The molecule has 2 amide bonds. The van der Waals surface area contributed by atoms with Gasteiger partial charge in [0.15, 0.2) is 6.61 Å². The quantitative estimate of drug-likeness (QED) is 0.810. The maximum absolute atomic E-state index is 12.9. The third-order valence-electron chi connectivity index (χ3n) is 4.53. The molecule has 0 radical (unpaired) electrons. The molecule has 1 aliphatic heterocycles. The van der Waals surface area contributed by atoms with E-state index in [0.717, 1.165) is 12.0 Å². The summed E-state index contributed by atoms with van der Waals surface area (Å²) in [5.41, 5.74) is 1.000. The van der Waals surface area contributed by atoms with Crippen LogP contribution in [-0.4, -0.2) is 41.4 Å². The average Bonchev–Trinajstić information content (AvgIpc) is 3.15. The maximum Gasteiger partial charge on any atom is 0.260 e. The van der Waals surface area contributed by atoms with E-state index in [1.807, 2.05) is 12.1 Å². The van der Waals surface area contributed by atoms with Crippen LogP contribution in [0.1, 0.15) is 18.4 Å². The van der Waals surface area contributed by atoms with Crippen LogP contribution < -0.4 is 10.1 Å². The van der Waals surface area contributed by atoms with Crippen molar-refractivity contribution < 1.29 is 18.7 Å². The van der Waals surface area contributed by atoms with Crippen LogP contribution in [0.25, 0.3) is 0 Å². The molecule has 142 valence electrons. The summed E-state index contributed by atoms with van der Waals surface area (Å²) in [6.07, 6.45) is 4.57. The van der Waals surface area contributed by atoms with Crippen molar-refractivity contribution in [2.24, 2.45) is 5.92 Å². The van der Waals surface area contributed by atoms with E-state index in [-0.39, 0.29) is 30.2 Å². The van der Waals surface area contributed by atoms with E-state index in [1.165, 1.54) is 24.3 Å². The predicted molar refractivity (Wildman–Crippen MR) is 97.3 cm³/mol. The van der Waals surface area contributed by atoms with Gasteiger partial charge in [-0.2, -0.15) is 0 Å². The van der Waals surface area contributed by atoms with Crippen molar-refractivity contribution in [1.82, 2.24) is 15.2 Å². The summed E-state index contributed by atoms with van der Waals surface area (Å²) >= 11 is 0. The lowest BCUT2D eigenvalue weighted by atomic mass is 10.0. The molecule has 1 N–H and O–H groups in total. The lowest BCUT2D eigenvalue weighted by Gasteiger charge is -2.17. The van der Waals surface area contributed by atoms with Gasteiger partial charge in [-0.25, -0.2) is 4.39 Å². The Morgan fingerprint density at radius 3 is 2.67 bits per heavy atom. The second-order valence-corrected chi connectivity index (χ2v) is 6.57. The Labute approximate surface area is 157 Å². The first-order valence-corrected chi connectivity index (χ1v) is 8.92. The molecule has 3 rings (SSSR count). The highest BCUT2D eigenvalue weighted by Crippen LogP contribution is 2.20. The Kier molecular flexibility index (Phi) is 6.35. The van der Waals surface area contributed by atoms with Gasteiger partial charge in [0.05, 0.1) is 0 Å². The molecule has 0 aliphatic carbocycles. The van der Waals surface area contributed by atoms with Crippen LogP contribution in [0.15, 0.2) is 48.8 Å². The van der Waals surface area contributed by atoms with E-state index in [0.29, 0.717) is 31.8 Å². The number of ether oxygens (including phenoxy) is 1. The van der Waals surface area contributed by atoms with Crippen LogP contribution in [0.2, 0.25) is 0 Å². The first kappa shape index (κ1) is 18.8. The van der Waals surface area contributed by atoms with Gasteiger partial charge in [0.1, 0.15) is 11.6 Å². The smallest absolute Gasteiger partial charge is 0.260 e. The summed E-state index contributed by atoms with van der Waals surface area (Å²) < 4.78 is 18.3. The van der Waals surface area contributed by atoms with Crippen molar-refractivity contribution >= 4 is 11.8 Å². The van der Waals surface area contributed by atoms with Gasteiger partial charge in [-0.05, 0) is 54.3 Å². The van der Waals surface area contributed by atoms with Crippen LogP contribution in [0.5, 0.6) is 5.75 Å². The number of benzene rings is 1. The average molecular weight is 371 g/mol.